The van der Waals surface area contributed by atoms with Crippen molar-refractivity contribution >= 4 is 56.2 Å². The summed E-state index contributed by atoms with van der Waals surface area (Å²) in [5.74, 6) is 0.223. The molecule has 0 atom stereocenters. The van der Waals surface area contributed by atoms with E-state index in [2.05, 4.69) is 10.2 Å². The van der Waals surface area contributed by atoms with Crippen LogP contribution in [0, 0.1) is 0 Å². The molecule has 0 saturated carbocycles. The van der Waals surface area contributed by atoms with Crippen molar-refractivity contribution in [2.75, 3.05) is 10.7 Å². The van der Waals surface area contributed by atoms with Gasteiger partial charge in [0.1, 0.15) is 11.2 Å². The molecule has 8 heteroatoms. The summed E-state index contributed by atoms with van der Waals surface area (Å²) in [5.41, 5.74) is 3.92. The average molecular weight is 472 g/mol. The molecule has 0 unspecified atom stereocenters. The lowest BCUT2D eigenvalue weighted by Crippen LogP contribution is -2.27. The van der Waals surface area contributed by atoms with Gasteiger partial charge in [0.2, 0.25) is 5.91 Å². The van der Waals surface area contributed by atoms with E-state index in [1.165, 1.54) is 35.0 Å². The zero-order chi connectivity index (χ0) is 22.2. The molecular weight excluding hydrogens is 450 g/mol. The van der Waals surface area contributed by atoms with E-state index in [4.69, 9.17) is 4.98 Å². The van der Waals surface area contributed by atoms with Crippen LogP contribution in [0.5, 0.6) is 0 Å². The van der Waals surface area contributed by atoms with E-state index < -0.39 is 0 Å². The van der Waals surface area contributed by atoms with Gasteiger partial charge < -0.3 is 0 Å². The fourth-order valence-corrected chi connectivity index (χ4v) is 6.39. The number of hydrogen-bond acceptors (Lipinski definition) is 6. The highest BCUT2D eigenvalue weighted by atomic mass is 32.2. The Morgan fingerprint density at radius 3 is 2.39 bits per heavy atom. The molecule has 5 aromatic rings. The standard InChI is InChI=1S/C25H21N5OS2/c31-21(30(17-9-3-1-4-10-17)18-11-5-2-6-12-18)15-32-25-28-27-23-22-19-13-7-8-14-20(19)33-24(22)26-16-29(23)25/h1-6,9-12,16H,7-8,13-15H2. The Bertz CT molecular complexity index is 1410. The van der Waals surface area contributed by atoms with Crippen LogP contribution < -0.4 is 4.90 Å². The highest BCUT2D eigenvalue weighted by Gasteiger charge is 2.23. The molecule has 6 nitrogen and oxygen atoms in total. The number of nitrogens with zero attached hydrogens (tertiary/aromatic N) is 5. The summed E-state index contributed by atoms with van der Waals surface area (Å²) in [7, 11) is 0. The van der Waals surface area contributed by atoms with Crippen molar-refractivity contribution in [2.45, 2.75) is 30.8 Å². The fourth-order valence-electron chi connectivity index (χ4n) is 4.42. The van der Waals surface area contributed by atoms with Crippen molar-refractivity contribution in [3.8, 4) is 0 Å². The third-order valence-corrected chi connectivity index (χ3v) is 8.06. The van der Waals surface area contributed by atoms with Crippen LogP contribution in [-0.4, -0.2) is 31.2 Å². The van der Waals surface area contributed by atoms with Gasteiger partial charge in [0.25, 0.3) is 0 Å². The Balaban J connectivity index is 1.31. The third-order valence-electron chi connectivity index (χ3n) is 5.93. The molecule has 0 aliphatic heterocycles. The van der Waals surface area contributed by atoms with Crippen LogP contribution in [0.3, 0.4) is 0 Å². The second kappa shape index (κ2) is 8.61. The van der Waals surface area contributed by atoms with Crippen LogP contribution in [-0.2, 0) is 17.6 Å². The number of rotatable bonds is 5. The molecule has 1 amide bonds. The smallest absolute Gasteiger partial charge is 0.242 e. The molecular formula is C25H21N5OS2. The van der Waals surface area contributed by atoms with E-state index in [1.807, 2.05) is 65.1 Å². The first-order chi connectivity index (χ1) is 16.3. The first kappa shape index (κ1) is 20.4. The number of thiophene rings is 1. The third kappa shape index (κ3) is 3.69. The van der Waals surface area contributed by atoms with Gasteiger partial charge in [-0.2, -0.15) is 0 Å². The van der Waals surface area contributed by atoms with Crippen molar-refractivity contribution < 1.29 is 4.79 Å². The van der Waals surface area contributed by atoms with Crippen LogP contribution in [0.15, 0.2) is 72.1 Å². The molecule has 164 valence electrons. The van der Waals surface area contributed by atoms with Gasteiger partial charge in [-0.25, -0.2) is 4.98 Å². The molecule has 0 spiro atoms. The Kier molecular flexibility index (Phi) is 5.32. The molecule has 33 heavy (non-hydrogen) atoms. The first-order valence-corrected chi connectivity index (χ1v) is 12.8. The van der Waals surface area contributed by atoms with Gasteiger partial charge in [-0.15, -0.1) is 21.5 Å². The molecule has 3 aromatic heterocycles. The van der Waals surface area contributed by atoms with E-state index in [9.17, 15) is 4.79 Å². The highest BCUT2D eigenvalue weighted by molar-refractivity contribution is 7.99. The summed E-state index contributed by atoms with van der Waals surface area (Å²) in [6, 6.07) is 19.4. The quantitative estimate of drug-likeness (QED) is 0.309. The summed E-state index contributed by atoms with van der Waals surface area (Å²) in [4.78, 5) is 22.3. The van der Waals surface area contributed by atoms with E-state index in [-0.39, 0.29) is 11.7 Å². The van der Waals surface area contributed by atoms with Gasteiger partial charge in [-0.1, -0.05) is 48.2 Å². The molecule has 3 heterocycles. The number of para-hydroxylation sites is 2. The maximum Gasteiger partial charge on any atom is 0.242 e. The molecule has 0 radical (unpaired) electrons. The Morgan fingerprint density at radius 1 is 0.970 bits per heavy atom. The number of carbonyl (C=O) groups excluding carboxylic acids is 1. The van der Waals surface area contributed by atoms with Crippen molar-refractivity contribution in [3.05, 3.63) is 77.4 Å². The van der Waals surface area contributed by atoms with Crippen molar-refractivity contribution in [1.29, 1.82) is 0 Å². The number of aryl methyl sites for hydroxylation is 2. The minimum Gasteiger partial charge on any atom is -0.280 e. The molecule has 6 rings (SSSR count). The lowest BCUT2D eigenvalue weighted by Gasteiger charge is -2.22. The molecule has 0 saturated heterocycles. The number of hydrogen-bond donors (Lipinski definition) is 0. The Labute approximate surface area is 199 Å². The maximum atomic E-state index is 13.4. The maximum absolute atomic E-state index is 13.4. The largest absolute Gasteiger partial charge is 0.280 e. The van der Waals surface area contributed by atoms with Crippen LogP contribution in [0.2, 0.25) is 0 Å². The lowest BCUT2D eigenvalue weighted by atomic mass is 9.97. The zero-order valence-electron chi connectivity index (χ0n) is 17.8. The van der Waals surface area contributed by atoms with Crippen LogP contribution in [0.4, 0.5) is 11.4 Å². The SMILES string of the molecule is O=C(CSc1nnc2c3c4c(sc3ncn12)CCCC4)N(c1ccccc1)c1ccccc1. The van der Waals surface area contributed by atoms with Gasteiger partial charge in [0, 0.05) is 16.3 Å². The zero-order valence-corrected chi connectivity index (χ0v) is 19.5. The number of aromatic nitrogens is 4. The van der Waals surface area contributed by atoms with Crippen LogP contribution in [0.25, 0.3) is 15.9 Å². The van der Waals surface area contributed by atoms with E-state index >= 15 is 0 Å². The van der Waals surface area contributed by atoms with E-state index in [0.717, 1.165) is 40.1 Å². The highest BCUT2D eigenvalue weighted by Crippen LogP contribution is 2.37. The normalized spacial score (nSPS) is 13.3. The molecule has 2 aromatic carbocycles. The monoisotopic (exact) mass is 471 g/mol. The lowest BCUT2D eigenvalue weighted by molar-refractivity contribution is -0.115. The van der Waals surface area contributed by atoms with Crippen molar-refractivity contribution in [2.24, 2.45) is 0 Å². The van der Waals surface area contributed by atoms with Crippen LogP contribution in [0.1, 0.15) is 23.3 Å². The van der Waals surface area contributed by atoms with Gasteiger partial charge in [-0.05, 0) is 55.5 Å². The Morgan fingerprint density at radius 2 is 1.67 bits per heavy atom. The second-order valence-electron chi connectivity index (χ2n) is 8.00. The van der Waals surface area contributed by atoms with Crippen LogP contribution >= 0.6 is 23.1 Å². The predicted molar refractivity (Wildman–Crippen MR) is 134 cm³/mol. The second-order valence-corrected chi connectivity index (χ2v) is 10.0. The topological polar surface area (TPSA) is 63.4 Å². The van der Waals surface area contributed by atoms with Gasteiger partial charge in [0.15, 0.2) is 10.8 Å². The molecule has 0 bridgehead atoms. The van der Waals surface area contributed by atoms with Gasteiger partial charge in [-0.3, -0.25) is 14.1 Å². The number of anilines is 2. The average Bonchev–Trinajstić information content (AvgIpc) is 3.45. The number of benzene rings is 2. The number of amides is 1. The molecule has 1 aliphatic carbocycles. The molecule has 0 N–H and O–H groups in total. The van der Waals surface area contributed by atoms with Crippen molar-refractivity contribution in [1.82, 2.24) is 19.6 Å². The van der Waals surface area contributed by atoms with E-state index in [1.54, 1.807) is 22.6 Å². The first-order valence-electron chi connectivity index (χ1n) is 11.0. The Hall–Kier alpha value is -3.23. The van der Waals surface area contributed by atoms with Gasteiger partial charge >= 0.3 is 0 Å². The fraction of sp³-hybridized carbons (Fsp3) is 0.200. The number of fused-ring (bicyclic) bond motifs is 5. The number of carbonyl (C=O) groups is 1. The molecule has 1 aliphatic rings. The predicted octanol–water partition coefficient (Wildman–Crippen LogP) is 5.67. The molecule has 0 fully saturated rings. The minimum absolute atomic E-state index is 0.0175. The summed E-state index contributed by atoms with van der Waals surface area (Å²) in [6.07, 6.45) is 6.44. The summed E-state index contributed by atoms with van der Waals surface area (Å²) < 4.78 is 1.93. The van der Waals surface area contributed by atoms with E-state index in [0.29, 0.717) is 5.16 Å². The minimum atomic E-state index is -0.0175. The summed E-state index contributed by atoms with van der Waals surface area (Å²) in [6.45, 7) is 0. The summed E-state index contributed by atoms with van der Waals surface area (Å²) in [5, 5.41) is 10.7. The van der Waals surface area contributed by atoms with Gasteiger partial charge in [0.05, 0.1) is 11.1 Å². The van der Waals surface area contributed by atoms with Crippen molar-refractivity contribution in [3.63, 3.8) is 0 Å². The summed E-state index contributed by atoms with van der Waals surface area (Å²) >= 11 is 3.17. The number of thioether (sulfide) groups is 1.